The van der Waals surface area contributed by atoms with Crippen molar-refractivity contribution >= 4 is 11.8 Å². The summed E-state index contributed by atoms with van der Waals surface area (Å²) in [4.78, 5) is 13.8. The van der Waals surface area contributed by atoms with Crippen LogP contribution < -0.4 is 0 Å². The van der Waals surface area contributed by atoms with Gasteiger partial charge in [0.2, 0.25) is 0 Å². The summed E-state index contributed by atoms with van der Waals surface area (Å²) in [7, 11) is 0. The van der Waals surface area contributed by atoms with Crippen molar-refractivity contribution in [1.82, 2.24) is 19.9 Å². The minimum Gasteiger partial charge on any atom is -0.350 e. The van der Waals surface area contributed by atoms with Crippen LogP contribution in [0.1, 0.15) is 0 Å². The highest BCUT2D eigenvalue weighted by Crippen LogP contribution is 2.21. The zero-order valence-electron chi connectivity index (χ0n) is 5.61. The molecule has 11 heavy (non-hydrogen) atoms. The Morgan fingerprint density at radius 1 is 1.00 bits per heavy atom. The normalized spacial score (nSPS) is 10.2. The van der Waals surface area contributed by atoms with Crippen LogP contribution in [0.4, 0.5) is 0 Å². The minimum absolute atomic E-state index is 0.928. The molecular formula is C6H6N4S. The lowest BCUT2D eigenvalue weighted by atomic mass is 10.9. The van der Waals surface area contributed by atoms with Crippen molar-refractivity contribution in [3.63, 3.8) is 0 Å². The van der Waals surface area contributed by atoms with Gasteiger partial charge in [-0.15, -0.1) is 0 Å². The van der Waals surface area contributed by atoms with Gasteiger partial charge in [-0.05, 0) is 11.8 Å². The number of imidazole rings is 2. The first-order valence-electron chi connectivity index (χ1n) is 3.10. The maximum Gasteiger partial charge on any atom is 0.120 e. The van der Waals surface area contributed by atoms with Crippen LogP contribution in [0.2, 0.25) is 0 Å². The van der Waals surface area contributed by atoms with Gasteiger partial charge < -0.3 is 9.97 Å². The van der Waals surface area contributed by atoms with Gasteiger partial charge in [0.25, 0.3) is 0 Å². The van der Waals surface area contributed by atoms with Crippen molar-refractivity contribution < 1.29 is 0 Å². The Labute approximate surface area is 67.5 Å². The molecule has 0 atom stereocenters. The molecule has 5 heteroatoms. The summed E-state index contributed by atoms with van der Waals surface area (Å²) in [5, 5.41) is 1.86. The SMILES string of the molecule is c1nc(Sc2c[nH]cn2)c[nH]1. The van der Waals surface area contributed by atoms with E-state index >= 15 is 0 Å². The summed E-state index contributed by atoms with van der Waals surface area (Å²) in [5.41, 5.74) is 0. The highest BCUT2D eigenvalue weighted by atomic mass is 32.2. The van der Waals surface area contributed by atoms with Crippen molar-refractivity contribution in [3.05, 3.63) is 25.0 Å². The van der Waals surface area contributed by atoms with Crippen LogP contribution >= 0.6 is 11.8 Å². The first kappa shape index (κ1) is 6.48. The molecular weight excluding hydrogens is 160 g/mol. The van der Waals surface area contributed by atoms with E-state index < -0.39 is 0 Å². The zero-order valence-corrected chi connectivity index (χ0v) is 6.43. The average molecular weight is 166 g/mol. The highest BCUT2D eigenvalue weighted by molar-refractivity contribution is 7.99. The molecule has 2 heterocycles. The van der Waals surface area contributed by atoms with E-state index in [-0.39, 0.29) is 0 Å². The van der Waals surface area contributed by atoms with Gasteiger partial charge >= 0.3 is 0 Å². The molecule has 2 aromatic heterocycles. The van der Waals surface area contributed by atoms with Crippen molar-refractivity contribution in [2.75, 3.05) is 0 Å². The van der Waals surface area contributed by atoms with Crippen LogP contribution in [0.15, 0.2) is 35.1 Å². The Bertz CT molecular complexity index is 267. The summed E-state index contributed by atoms with van der Waals surface area (Å²) < 4.78 is 0. The molecule has 2 rings (SSSR count). The predicted molar refractivity (Wildman–Crippen MR) is 41.3 cm³/mol. The van der Waals surface area contributed by atoms with Gasteiger partial charge in [-0.2, -0.15) is 0 Å². The Morgan fingerprint density at radius 2 is 1.55 bits per heavy atom. The number of aromatic nitrogens is 4. The Hall–Kier alpha value is -1.23. The molecule has 56 valence electrons. The van der Waals surface area contributed by atoms with Gasteiger partial charge in [-0.1, -0.05) is 0 Å². The molecule has 2 aromatic rings. The fourth-order valence-corrected chi connectivity index (χ4v) is 1.39. The third-order valence-electron chi connectivity index (χ3n) is 1.16. The fraction of sp³-hybridized carbons (Fsp3) is 0. The molecule has 0 aliphatic heterocycles. The van der Waals surface area contributed by atoms with E-state index in [2.05, 4.69) is 19.9 Å². The van der Waals surface area contributed by atoms with Crippen LogP contribution in [0.25, 0.3) is 0 Å². The summed E-state index contributed by atoms with van der Waals surface area (Å²) in [6.45, 7) is 0. The van der Waals surface area contributed by atoms with Crippen LogP contribution in [0.5, 0.6) is 0 Å². The predicted octanol–water partition coefficient (Wildman–Crippen LogP) is 1.28. The molecule has 0 aromatic carbocycles. The molecule has 0 aliphatic rings. The van der Waals surface area contributed by atoms with Crippen molar-refractivity contribution in [2.24, 2.45) is 0 Å². The lowest BCUT2D eigenvalue weighted by molar-refractivity contribution is 1.16. The summed E-state index contributed by atoms with van der Waals surface area (Å²) >= 11 is 1.52. The summed E-state index contributed by atoms with van der Waals surface area (Å²) in [6, 6.07) is 0. The molecule has 0 spiro atoms. The molecule has 0 fully saturated rings. The van der Waals surface area contributed by atoms with E-state index in [1.54, 1.807) is 12.7 Å². The van der Waals surface area contributed by atoms with E-state index in [1.807, 2.05) is 12.4 Å². The van der Waals surface area contributed by atoms with Gasteiger partial charge in [0.15, 0.2) is 0 Å². The monoisotopic (exact) mass is 166 g/mol. The third kappa shape index (κ3) is 1.43. The molecule has 2 N–H and O–H groups in total. The Balaban J connectivity index is 2.14. The van der Waals surface area contributed by atoms with Crippen LogP contribution in [0, 0.1) is 0 Å². The second-order valence-electron chi connectivity index (χ2n) is 1.92. The van der Waals surface area contributed by atoms with E-state index in [0.717, 1.165) is 10.1 Å². The van der Waals surface area contributed by atoms with Gasteiger partial charge in [-0.25, -0.2) is 9.97 Å². The number of rotatable bonds is 2. The molecule has 0 saturated heterocycles. The standard InChI is InChI=1S/C6H6N4S/c1-5(9-3-7-1)11-6-2-8-4-10-6/h1-4H,(H,7,9)(H,8,10). The largest absolute Gasteiger partial charge is 0.350 e. The van der Waals surface area contributed by atoms with Crippen molar-refractivity contribution in [1.29, 1.82) is 0 Å². The quantitative estimate of drug-likeness (QED) is 0.706. The summed E-state index contributed by atoms with van der Waals surface area (Å²) in [5.74, 6) is 0. The fourth-order valence-electron chi connectivity index (χ4n) is 0.712. The number of aromatic amines is 2. The van der Waals surface area contributed by atoms with Gasteiger partial charge in [0.1, 0.15) is 10.1 Å². The van der Waals surface area contributed by atoms with Crippen molar-refractivity contribution in [2.45, 2.75) is 10.1 Å². The average Bonchev–Trinajstić information content (AvgIpc) is 2.60. The Kier molecular flexibility index (Phi) is 1.64. The van der Waals surface area contributed by atoms with Gasteiger partial charge in [-0.3, -0.25) is 0 Å². The van der Waals surface area contributed by atoms with Crippen LogP contribution in [-0.4, -0.2) is 19.9 Å². The smallest absolute Gasteiger partial charge is 0.120 e. The minimum atomic E-state index is 0.928. The van der Waals surface area contributed by atoms with E-state index in [1.165, 1.54) is 11.8 Å². The molecule has 0 saturated carbocycles. The topological polar surface area (TPSA) is 57.4 Å². The second kappa shape index (κ2) is 2.79. The van der Waals surface area contributed by atoms with E-state index in [4.69, 9.17) is 0 Å². The molecule has 0 amide bonds. The molecule has 0 bridgehead atoms. The first-order chi connectivity index (χ1) is 5.45. The van der Waals surface area contributed by atoms with Crippen LogP contribution in [-0.2, 0) is 0 Å². The lowest BCUT2D eigenvalue weighted by Gasteiger charge is -1.87. The maximum atomic E-state index is 4.04. The summed E-state index contributed by atoms with van der Waals surface area (Å²) in [6.07, 6.45) is 6.96. The number of nitrogens with zero attached hydrogens (tertiary/aromatic N) is 2. The molecule has 0 aliphatic carbocycles. The van der Waals surface area contributed by atoms with E-state index in [9.17, 15) is 0 Å². The lowest BCUT2D eigenvalue weighted by Crippen LogP contribution is -1.69. The van der Waals surface area contributed by atoms with Gasteiger partial charge in [0, 0.05) is 12.4 Å². The second-order valence-corrected chi connectivity index (χ2v) is 2.96. The van der Waals surface area contributed by atoms with Gasteiger partial charge in [0.05, 0.1) is 12.7 Å². The number of nitrogens with one attached hydrogen (secondary N) is 2. The number of hydrogen-bond acceptors (Lipinski definition) is 3. The van der Waals surface area contributed by atoms with Crippen molar-refractivity contribution in [3.8, 4) is 0 Å². The first-order valence-corrected chi connectivity index (χ1v) is 3.92. The number of H-pyrrole nitrogens is 2. The maximum absolute atomic E-state index is 4.04. The third-order valence-corrected chi connectivity index (χ3v) is 2.02. The zero-order chi connectivity index (χ0) is 7.52. The highest BCUT2D eigenvalue weighted by Gasteiger charge is 1.98. The molecule has 0 unspecified atom stereocenters. The Morgan fingerprint density at radius 3 is 1.91 bits per heavy atom. The van der Waals surface area contributed by atoms with Crippen LogP contribution in [0.3, 0.4) is 0 Å². The molecule has 4 nitrogen and oxygen atoms in total. The number of hydrogen-bond donors (Lipinski definition) is 2. The van der Waals surface area contributed by atoms with E-state index in [0.29, 0.717) is 0 Å². The molecule has 0 radical (unpaired) electrons.